The fraction of sp³-hybridized carbons (Fsp3) is 0.875. The van der Waals surface area contributed by atoms with E-state index < -0.39 is 5.54 Å². The monoisotopic (exact) mass is 156 g/mol. The number of amides is 1. The SMILES string of the molecule is CC1CN(C(=O)C(C)(C)N)C1. The molecule has 1 rings (SSSR count). The van der Waals surface area contributed by atoms with Crippen LogP contribution in [-0.4, -0.2) is 29.4 Å². The molecule has 1 heterocycles. The Morgan fingerprint density at radius 3 is 2.27 bits per heavy atom. The molecule has 0 aromatic heterocycles. The van der Waals surface area contributed by atoms with E-state index in [2.05, 4.69) is 6.92 Å². The van der Waals surface area contributed by atoms with Crippen molar-refractivity contribution in [2.24, 2.45) is 11.7 Å². The van der Waals surface area contributed by atoms with Crippen molar-refractivity contribution in [3.63, 3.8) is 0 Å². The molecule has 1 aliphatic heterocycles. The zero-order valence-corrected chi connectivity index (χ0v) is 7.42. The molecule has 0 aromatic carbocycles. The van der Waals surface area contributed by atoms with Crippen molar-refractivity contribution < 1.29 is 4.79 Å². The molecular formula is C8H16N2O. The van der Waals surface area contributed by atoms with Gasteiger partial charge in [0.2, 0.25) is 5.91 Å². The molecule has 1 fully saturated rings. The first-order valence-electron chi connectivity index (χ1n) is 3.99. The highest BCUT2D eigenvalue weighted by molar-refractivity contribution is 5.85. The van der Waals surface area contributed by atoms with Gasteiger partial charge in [0, 0.05) is 13.1 Å². The maximum absolute atomic E-state index is 11.4. The van der Waals surface area contributed by atoms with Gasteiger partial charge in [-0.1, -0.05) is 6.92 Å². The van der Waals surface area contributed by atoms with Gasteiger partial charge in [0.25, 0.3) is 0 Å². The fourth-order valence-corrected chi connectivity index (χ4v) is 1.27. The van der Waals surface area contributed by atoms with Crippen LogP contribution in [0, 0.1) is 5.92 Å². The molecule has 11 heavy (non-hydrogen) atoms. The molecule has 1 aliphatic rings. The van der Waals surface area contributed by atoms with Crippen LogP contribution in [0.1, 0.15) is 20.8 Å². The second kappa shape index (κ2) is 2.48. The van der Waals surface area contributed by atoms with E-state index in [9.17, 15) is 4.79 Å². The van der Waals surface area contributed by atoms with Crippen LogP contribution in [0.25, 0.3) is 0 Å². The normalized spacial score (nSPS) is 19.8. The molecule has 0 spiro atoms. The van der Waals surface area contributed by atoms with Crippen LogP contribution in [0.5, 0.6) is 0 Å². The number of likely N-dealkylation sites (tertiary alicyclic amines) is 1. The Bertz CT molecular complexity index is 165. The first-order chi connectivity index (χ1) is 4.91. The van der Waals surface area contributed by atoms with Crippen LogP contribution < -0.4 is 5.73 Å². The van der Waals surface area contributed by atoms with E-state index in [4.69, 9.17) is 5.73 Å². The summed E-state index contributed by atoms with van der Waals surface area (Å²) in [7, 11) is 0. The summed E-state index contributed by atoms with van der Waals surface area (Å²) in [5, 5.41) is 0. The number of nitrogens with two attached hydrogens (primary N) is 1. The van der Waals surface area contributed by atoms with Crippen molar-refractivity contribution in [2.45, 2.75) is 26.3 Å². The largest absolute Gasteiger partial charge is 0.340 e. The molecule has 0 radical (unpaired) electrons. The van der Waals surface area contributed by atoms with E-state index >= 15 is 0 Å². The van der Waals surface area contributed by atoms with Crippen LogP contribution in [0.2, 0.25) is 0 Å². The number of nitrogens with zero attached hydrogens (tertiary/aromatic N) is 1. The lowest BCUT2D eigenvalue weighted by Gasteiger charge is -2.40. The van der Waals surface area contributed by atoms with Gasteiger partial charge in [-0.25, -0.2) is 0 Å². The number of hydrogen-bond acceptors (Lipinski definition) is 2. The van der Waals surface area contributed by atoms with Gasteiger partial charge in [0.15, 0.2) is 0 Å². The summed E-state index contributed by atoms with van der Waals surface area (Å²) < 4.78 is 0. The molecule has 0 unspecified atom stereocenters. The van der Waals surface area contributed by atoms with Gasteiger partial charge >= 0.3 is 0 Å². The minimum Gasteiger partial charge on any atom is -0.340 e. The molecule has 0 saturated carbocycles. The highest BCUT2D eigenvalue weighted by Crippen LogP contribution is 2.17. The van der Waals surface area contributed by atoms with Crippen LogP contribution in [-0.2, 0) is 4.79 Å². The van der Waals surface area contributed by atoms with E-state index in [1.165, 1.54) is 0 Å². The third-order valence-corrected chi connectivity index (χ3v) is 1.90. The van der Waals surface area contributed by atoms with E-state index in [1.807, 2.05) is 4.90 Å². The molecule has 3 nitrogen and oxygen atoms in total. The van der Waals surface area contributed by atoms with Crippen LogP contribution >= 0.6 is 0 Å². The third-order valence-electron chi connectivity index (χ3n) is 1.90. The smallest absolute Gasteiger partial charge is 0.242 e. The lowest BCUT2D eigenvalue weighted by molar-refractivity contribution is -0.141. The lowest BCUT2D eigenvalue weighted by Crippen LogP contribution is -2.58. The third kappa shape index (κ3) is 1.71. The predicted octanol–water partition coefficient (Wildman–Crippen LogP) is 0.202. The minimum atomic E-state index is -0.694. The zero-order chi connectivity index (χ0) is 8.65. The summed E-state index contributed by atoms with van der Waals surface area (Å²) in [6, 6.07) is 0. The minimum absolute atomic E-state index is 0.0654. The van der Waals surface area contributed by atoms with E-state index in [0.717, 1.165) is 13.1 Å². The Morgan fingerprint density at radius 2 is 2.00 bits per heavy atom. The highest BCUT2D eigenvalue weighted by atomic mass is 16.2. The highest BCUT2D eigenvalue weighted by Gasteiger charge is 2.34. The first kappa shape index (κ1) is 8.53. The van der Waals surface area contributed by atoms with Gasteiger partial charge in [-0.3, -0.25) is 4.79 Å². The van der Waals surface area contributed by atoms with Crippen LogP contribution in [0.4, 0.5) is 0 Å². The first-order valence-corrected chi connectivity index (χ1v) is 3.99. The maximum atomic E-state index is 11.4. The van der Waals surface area contributed by atoms with Crippen molar-refractivity contribution >= 4 is 5.91 Å². The Morgan fingerprint density at radius 1 is 1.55 bits per heavy atom. The summed E-state index contributed by atoms with van der Waals surface area (Å²) in [6.07, 6.45) is 0. The molecule has 1 amide bonds. The Kier molecular flexibility index (Phi) is 1.92. The molecular weight excluding hydrogens is 140 g/mol. The lowest BCUT2D eigenvalue weighted by atomic mass is 9.97. The molecule has 0 aromatic rings. The van der Waals surface area contributed by atoms with Crippen molar-refractivity contribution in [1.82, 2.24) is 4.90 Å². The second-order valence-electron chi connectivity index (χ2n) is 4.04. The maximum Gasteiger partial charge on any atom is 0.242 e. The molecule has 0 atom stereocenters. The Balaban J connectivity index is 2.45. The standard InChI is InChI=1S/C8H16N2O/c1-6-4-10(5-6)7(11)8(2,3)9/h6H,4-5,9H2,1-3H3. The molecule has 2 N–H and O–H groups in total. The van der Waals surface area contributed by atoms with Gasteiger partial charge in [0.05, 0.1) is 5.54 Å². The zero-order valence-electron chi connectivity index (χ0n) is 7.42. The fourth-order valence-electron chi connectivity index (χ4n) is 1.27. The topological polar surface area (TPSA) is 46.3 Å². The summed E-state index contributed by atoms with van der Waals surface area (Å²) in [5.41, 5.74) is 4.95. The molecule has 0 aliphatic carbocycles. The van der Waals surface area contributed by atoms with Gasteiger partial charge in [-0.2, -0.15) is 0 Å². The van der Waals surface area contributed by atoms with E-state index in [1.54, 1.807) is 13.8 Å². The molecule has 64 valence electrons. The number of carbonyl (C=O) groups is 1. The van der Waals surface area contributed by atoms with Gasteiger partial charge in [-0.15, -0.1) is 0 Å². The van der Waals surface area contributed by atoms with E-state index in [0.29, 0.717) is 5.92 Å². The molecule has 1 saturated heterocycles. The van der Waals surface area contributed by atoms with Crippen molar-refractivity contribution in [1.29, 1.82) is 0 Å². The van der Waals surface area contributed by atoms with Crippen molar-refractivity contribution in [3.05, 3.63) is 0 Å². The van der Waals surface area contributed by atoms with Crippen LogP contribution in [0.15, 0.2) is 0 Å². The summed E-state index contributed by atoms with van der Waals surface area (Å²) in [4.78, 5) is 13.2. The van der Waals surface area contributed by atoms with Crippen LogP contribution in [0.3, 0.4) is 0 Å². The average molecular weight is 156 g/mol. The number of hydrogen-bond donors (Lipinski definition) is 1. The number of rotatable bonds is 1. The molecule has 0 bridgehead atoms. The summed E-state index contributed by atoms with van der Waals surface area (Å²) in [5.74, 6) is 0.719. The van der Waals surface area contributed by atoms with Crippen molar-refractivity contribution in [2.75, 3.05) is 13.1 Å². The molecule has 3 heteroatoms. The van der Waals surface area contributed by atoms with E-state index in [-0.39, 0.29) is 5.91 Å². The van der Waals surface area contributed by atoms with Gasteiger partial charge < -0.3 is 10.6 Å². The Hall–Kier alpha value is -0.570. The second-order valence-corrected chi connectivity index (χ2v) is 4.04. The summed E-state index contributed by atoms with van der Waals surface area (Å²) >= 11 is 0. The van der Waals surface area contributed by atoms with Crippen molar-refractivity contribution in [3.8, 4) is 0 Å². The predicted molar refractivity (Wildman–Crippen MR) is 44.0 cm³/mol. The Labute approximate surface area is 67.5 Å². The summed E-state index contributed by atoms with van der Waals surface area (Å²) in [6.45, 7) is 7.38. The van der Waals surface area contributed by atoms with Gasteiger partial charge in [0.1, 0.15) is 0 Å². The number of carbonyl (C=O) groups excluding carboxylic acids is 1. The quantitative estimate of drug-likeness (QED) is 0.589. The van der Waals surface area contributed by atoms with Gasteiger partial charge in [-0.05, 0) is 19.8 Å². The average Bonchev–Trinajstić information content (AvgIpc) is 1.77.